The Hall–Kier alpha value is -2.03. The number of carbonyl (C=O) groups excluding carboxylic acids is 2. The Kier molecular flexibility index (Phi) is 45.3. The Morgan fingerprint density at radius 3 is 1.47 bits per heavy atom. The summed E-state index contributed by atoms with van der Waals surface area (Å²) in [6, 6.07) is -0.856. The molecule has 0 saturated carbocycles. The SMILES string of the molecule is CC/C=C/C/C=C/CCCCCCCCCC(=O)OC(/C=C/CCCCCCCCCCCCC)C(COP(=O)(O)OCC[N+](C)(C)C)NC(=O)CCCCC/C=C\CCCCCCCC. The highest BCUT2D eigenvalue weighted by Crippen LogP contribution is 2.43. The number of phosphoric acid groups is 1. The molecule has 0 fully saturated rings. The summed E-state index contributed by atoms with van der Waals surface area (Å²) in [5.41, 5.74) is 0. The summed E-state index contributed by atoms with van der Waals surface area (Å²) in [5, 5.41) is 3.03. The first-order valence-corrected chi connectivity index (χ1v) is 29.0. The first kappa shape index (κ1) is 64.0. The van der Waals surface area contributed by atoms with Crippen LogP contribution >= 0.6 is 7.82 Å². The number of esters is 1. The van der Waals surface area contributed by atoms with E-state index in [0.717, 1.165) is 96.3 Å². The van der Waals surface area contributed by atoms with Crippen LogP contribution in [0.2, 0.25) is 0 Å². The molecule has 0 bridgehead atoms. The number of ether oxygens (including phenoxy) is 1. The smallest absolute Gasteiger partial charge is 0.456 e. The number of rotatable bonds is 49. The van der Waals surface area contributed by atoms with Gasteiger partial charge in [0.15, 0.2) is 0 Å². The fourth-order valence-corrected chi connectivity index (χ4v) is 8.47. The third-order valence-corrected chi connectivity index (χ3v) is 13.0. The molecule has 66 heavy (non-hydrogen) atoms. The third-order valence-electron chi connectivity index (χ3n) is 12.0. The zero-order chi connectivity index (χ0) is 48.7. The largest absolute Gasteiger partial charge is 0.472 e. The highest BCUT2D eigenvalue weighted by Gasteiger charge is 2.30. The van der Waals surface area contributed by atoms with Crippen molar-refractivity contribution < 1.29 is 37.3 Å². The van der Waals surface area contributed by atoms with Crippen LogP contribution in [0.5, 0.6) is 0 Å². The molecule has 9 nitrogen and oxygen atoms in total. The Bertz CT molecular complexity index is 1280. The van der Waals surface area contributed by atoms with E-state index in [1.54, 1.807) is 0 Å². The van der Waals surface area contributed by atoms with Gasteiger partial charge in [0, 0.05) is 12.8 Å². The number of likely N-dealkylation sites (N-methyl/N-ethyl adjacent to an activating group) is 1. The van der Waals surface area contributed by atoms with E-state index in [9.17, 15) is 19.0 Å². The first-order chi connectivity index (χ1) is 31.9. The molecule has 3 atom stereocenters. The van der Waals surface area contributed by atoms with Gasteiger partial charge in [-0.05, 0) is 83.1 Å². The van der Waals surface area contributed by atoms with E-state index >= 15 is 0 Å². The van der Waals surface area contributed by atoms with Crippen LogP contribution in [0.3, 0.4) is 0 Å². The fourth-order valence-electron chi connectivity index (χ4n) is 7.74. The lowest BCUT2D eigenvalue weighted by molar-refractivity contribution is -0.870. The van der Waals surface area contributed by atoms with Gasteiger partial charge in [-0.3, -0.25) is 18.6 Å². The maximum absolute atomic E-state index is 13.4. The molecule has 0 radical (unpaired) electrons. The van der Waals surface area contributed by atoms with Crippen molar-refractivity contribution in [1.29, 1.82) is 0 Å². The molecule has 0 heterocycles. The van der Waals surface area contributed by atoms with E-state index < -0.39 is 20.0 Å². The molecule has 10 heteroatoms. The minimum atomic E-state index is -4.44. The predicted molar refractivity (Wildman–Crippen MR) is 282 cm³/mol. The molecule has 1 amide bonds. The lowest BCUT2D eigenvalue weighted by Crippen LogP contribution is -2.47. The summed E-state index contributed by atoms with van der Waals surface area (Å²) in [4.78, 5) is 37.5. The van der Waals surface area contributed by atoms with E-state index in [0.29, 0.717) is 17.4 Å². The molecule has 0 aliphatic rings. The average molecular weight is 950 g/mol. The third kappa shape index (κ3) is 47.1. The molecule has 0 spiro atoms. The van der Waals surface area contributed by atoms with Crippen molar-refractivity contribution in [2.24, 2.45) is 0 Å². The average Bonchev–Trinajstić information content (AvgIpc) is 3.27. The van der Waals surface area contributed by atoms with Crippen molar-refractivity contribution >= 4 is 19.7 Å². The van der Waals surface area contributed by atoms with Gasteiger partial charge in [-0.15, -0.1) is 0 Å². The number of hydrogen-bond donors (Lipinski definition) is 2. The van der Waals surface area contributed by atoms with Crippen molar-refractivity contribution in [3.8, 4) is 0 Å². The number of unbranched alkanes of at least 4 members (excludes halogenated alkanes) is 27. The van der Waals surface area contributed by atoms with Gasteiger partial charge in [-0.2, -0.15) is 0 Å². The molecule has 0 aromatic heterocycles. The molecule has 0 aliphatic carbocycles. The van der Waals surface area contributed by atoms with Crippen molar-refractivity contribution in [3.05, 3.63) is 48.6 Å². The minimum absolute atomic E-state index is 0.0361. The van der Waals surface area contributed by atoms with Crippen LogP contribution in [0.15, 0.2) is 48.6 Å². The molecule has 386 valence electrons. The molecule has 0 aromatic carbocycles. The number of quaternary nitrogens is 1. The molecule has 0 rings (SSSR count). The quantitative estimate of drug-likeness (QED) is 0.0205. The normalized spacial score (nSPS) is 14.2. The number of hydrogen-bond acceptors (Lipinski definition) is 6. The molecule has 0 aromatic rings. The van der Waals surface area contributed by atoms with Crippen molar-refractivity contribution in [2.75, 3.05) is 40.9 Å². The highest BCUT2D eigenvalue weighted by molar-refractivity contribution is 7.47. The second-order valence-electron chi connectivity index (χ2n) is 19.7. The molecule has 3 unspecified atom stereocenters. The maximum Gasteiger partial charge on any atom is 0.472 e. The van der Waals surface area contributed by atoms with E-state index in [1.165, 1.54) is 116 Å². The summed E-state index contributed by atoms with van der Waals surface area (Å²) >= 11 is 0. The van der Waals surface area contributed by atoms with Crippen molar-refractivity contribution in [2.45, 2.75) is 258 Å². The summed E-state index contributed by atoms with van der Waals surface area (Å²) in [6.45, 7) is 6.88. The predicted octanol–water partition coefficient (Wildman–Crippen LogP) is 16.2. The summed E-state index contributed by atoms with van der Waals surface area (Å²) < 4.78 is 30.5. The van der Waals surface area contributed by atoms with Gasteiger partial charge in [0.2, 0.25) is 5.91 Å². The first-order valence-electron chi connectivity index (χ1n) is 27.5. The van der Waals surface area contributed by atoms with Gasteiger partial charge in [0.1, 0.15) is 19.3 Å². The molecule has 0 aliphatic heterocycles. The van der Waals surface area contributed by atoms with E-state index in [-0.39, 0.29) is 31.5 Å². The van der Waals surface area contributed by atoms with Crippen molar-refractivity contribution in [3.63, 3.8) is 0 Å². The zero-order valence-electron chi connectivity index (χ0n) is 43.9. The molecule has 0 saturated heterocycles. The fraction of sp³-hybridized carbons (Fsp3) is 0.821. The Morgan fingerprint density at radius 1 is 0.545 bits per heavy atom. The van der Waals surface area contributed by atoms with Crippen LogP contribution in [-0.2, 0) is 27.9 Å². The Morgan fingerprint density at radius 2 is 0.970 bits per heavy atom. The van der Waals surface area contributed by atoms with Gasteiger partial charge in [-0.1, -0.05) is 198 Å². The highest BCUT2D eigenvalue weighted by atomic mass is 31.2. The molecular formula is C56H106N2O7P+. The Labute approximate surface area is 408 Å². The summed E-state index contributed by atoms with van der Waals surface area (Å²) in [6.07, 6.45) is 55.3. The monoisotopic (exact) mass is 950 g/mol. The topological polar surface area (TPSA) is 111 Å². The lowest BCUT2D eigenvalue weighted by Gasteiger charge is -2.27. The van der Waals surface area contributed by atoms with Gasteiger partial charge in [-0.25, -0.2) is 4.57 Å². The van der Waals surface area contributed by atoms with Gasteiger partial charge in [0.25, 0.3) is 0 Å². The van der Waals surface area contributed by atoms with Crippen LogP contribution in [-0.4, -0.2) is 74.3 Å². The number of allylic oxidation sites excluding steroid dienone is 7. The van der Waals surface area contributed by atoms with Crippen LogP contribution in [0.1, 0.15) is 245 Å². The second kappa shape index (κ2) is 46.7. The van der Waals surface area contributed by atoms with E-state index in [1.807, 2.05) is 33.3 Å². The summed E-state index contributed by atoms with van der Waals surface area (Å²) in [5.74, 6) is -0.531. The molecule has 2 N–H and O–H groups in total. The number of nitrogens with zero attached hydrogens (tertiary/aromatic N) is 1. The minimum Gasteiger partial charge on any atom is -0.456 e. The standard InChI is InChI=1S/C56H105N2O7P/c1-7-10-13-16-19-22-25-28-31-34-37-40-43-46-49-56(60)65-54(47-44-41-38-35-32-29-26-23-20-17-14-11-8-2)53(52-64-66(61,62)63-51-50-58(4,5)6)57-55(59)48-45-42-39-36-33-30-27-24-21-18-15-12-9-3/h10,13,19,22,30,33,44,47,53-54H,7-9,11-12,14-18,20-21,23-29,31-32,34-43,45-46,48-52H2,1-6H3,(H-,57,59,61,62)/p+1/b13-10+,22-19+,33-30-,47-44+. The van der Waals surface area contributed by atoms with Crippen LogP contribution in [0, 0.1) is 0 Å². The van der Waals surface area contributed by atoms with E-state index in [2.05, 4.69) is 62.5 Å². The number of amides is 1. The zero-order valence-corrected chi connectivity index (χ0v) is 44.8. The number of nitrogens with one attached hydrogen (secondary N) is 1. The van der Waals surface area contributed by atoms with Gasteiger partial charge >= 0.3 is 13.8 Å². The number of carbonyl (C=O) groups is 2. The number of phosphoric ester groups is 1. The van der Waals surface area contributed by atoms with Gasteiger partial charge < -0.3 is 19.4 Å². The van der Waals surface area contributed by atoms with Crippen LogP contribution < -0.4 is 5.32 Å². The Balaban J connectivity index is 5.44. The second-order valence-corrected chi connectivity index (χ2v) is 21.2. The maximum atomic E-state index is 13.4. The summed E-state index contributed by atoms with van der Waals surface area (Å²) in [7, 11) is 1.48. The van der Waals surface area contributed by atoms with Gasteiger partial charge in [0.05, 0.1) is 33.8 Å². The lowest BCUT2D eigenvalue weighted by atomic mass is 10.0. The van der Waals surface area contributed by atoms with Crippen molar-refractivity contribution in [1.82, 2.24) is 5.32 Å². The molecular weight excluding hydrogens is 844 g/mol. The van der Waals surface area contributed by atoms with E-state index in [4.69, 9.17) is 13.8 Å². The van der Waals surface area contributed by atoms with Crippen LogP contribution in [0.25, 0.3) is 0 Å². The van der Waals surface area contributed by atoms with Crippen LogP contribution in [0.4, 0.5) is 0 Å².